The standard InChI is InChI=1S/C24H40N2O5Si/c1-17-13-14-19(15-16-32(6,7)8)26(17,23(29)30-5)21(27)20(18-11-9-10-12-18)25-22(28)31-24(2,3)4/h17-20H,9-14H2,1-8H3/p+1/t17?,19-,20+,26?/m1/s1. The molecule has 0 aromatic rings. The molecule has 2 rings (SSSR count). The second-order valence-corrected chi connectivity index (χ2v) is 16.0. The summed E-state index contributed by atoms with van der Waals surface area (Å²) in [6.45, 7) is 13.7. The van der Waals surface area contributed by atoms with Crippen LogP contribution in [-0.2, 0) is 14.3 Å². The van der Waals surface area contributed by atoms with Gasteiger partial charge in [0.15, 0.2) is 12.1 Å². The van der Waals surface area contributed by atoms with E-state index in [1.807, 2.05) is 6.92 Å². The molecule has 1 aliphatic heterocycles. The fraction of sp³-hybridized carbons (Fsp3) is 0.792. The monoisotopic (exact) mass is 465 g/mol. The third kappa shape index (κ3) is 5.93. The number of quaternary nitrogens is 1. The number of likely N-dealkylation sites (tertiary alicyclic amines) is 1. The van der Waals surface area contributed by atoms with Crippen LogP contribution in [0.3, 0.4) is 0 Å². The summed E-state index contributed by atoms with van der Waals surface area (Å²) in [4.78, 5) is 40.2. The molecule has 1 saturated heterocycles. The van der Waals surface area contributed by atoms with Crippen LogP contribution >= 0.6 is 0 Å². The number of rotatable bonds is 3. The van der Waals surface area contributed by atoms with Gasteiger partial charge in [-0.1, -0.05) is 32.5 Å². The Morgan fingerprint density at radius 2 is 1.66 bits per heavy atom. The molecule has 0 aromatic heterocycles. The minimum absolute atomic E-state index is 0.0342. The summed E-state index contributed by atoms with van der Waals surface area (Å²) in [5.74, 6) is 2.94. The van der Waals surface area contributed by atoms with Crippen molar-refractivity contribution in [1.82, 2.24) is 5.32 Å². The molecule has 180 valence electrons. The second-order valence-electron chi connectivity index (χ2n) is 11.2. The summed E-state index contributed by atoms with van der Waals surface area (Å²) in [5.41, 5.74) is 2.67. The van der Waals surface area contributed by atoms with E-state index in [0.29, 0.717) is 12.8 Å². The number of alkyl carbamates (subject to hydrolysis) is 1. The minimum atomic E-state index is -1.72. The third-order valence-corrected chi connectivity index (χ3v) is 7.20. The molecular weight excluding hydrogens is 424 g/mol. The van der Waals surface area contributed by atoms with Gasteiger partial charge in [-0.05, 0) is 52.4 Å². The van der Waals surface area contributed by atoms with E-state index in [0.717, 1.165) is 25.7 Å². The molecule has 1 N–H and O–H groups in total. The first-order valence-corrected chi connectivity index (χ1v) is 15.3. The van der Waals surface area contributed by atoms with Gasteiger partial charge in [-0.15, -0.1) is 10.0 Å². The molecule has 0 aromatic carbocycles. The van der Waals surface area contributed by atoms with Gasteiger partial charge in [-0.3, -0.25) is 0 Å². The van der Waals surface area contributed by atoms with Crippen LogP contribution in [0.4, 0.5) is 9.59 Å². The van der Waals surface area contributed by atoms with Gasteiger partial charge in [0, 0.05) is 12.8 Å². The minimum Gasteiger partial charge on any atom is -0.444 e. The van der Waals surface area contributed by atoms with Crippen molar-refractivity contribution in [3.05, 3.63) is 0 Å². The molecule has 2 unspecified atom stereocenters. The fourth-order valence-corrected chi connectivity index (χ4v) is 5.44. The van der Waals surface area contributed by atoms with Crippen molar-refractivity contribution < 1.29 is 28.3 Å². The van der Waals surface area contributed by atoms with Gasteiger partial charge in [0.2, 0.25) is 0 Å². The molecule has 1 saturated carbocycles. The number of nitrogens with one attached hydrogen (secondary N) is 1. The number of carbonyl (C=O) groups excluding carboxylic acids is 3. The topological polar surface area (TPSA) is 81.7 Å². The SMILES string of the molecule is COC(=O)[N+]1(C(=O)[C@@H](NC(=O)OC(C)(C)C)C2CCCC2)C(C)CC[C@@H]1C#C[Si](C)(C)C. The van der Waals surface area contributed by atoms with Gasteiger partial charge in [0.25, 0.3) is 0 Å². The van der Waals surface area contributed by atoms with E-state index in [9.17, 15) is 14.4 Å². The molecule has 2 aliphatic rings. The zero-order chi connectivity index (χ0) is 24.3. The number of nitrogens with zero attached hydrogens (tertiary/aromatic N) is 1. The lowest BCUT2D eigenvalue weighted by Crippen LogP contribution is -2.69. The van der Waals surface area contributed by atoms with Gasteiger partial charge < -0.3 is 14.8 Å². The van der Waals surface area contributed by atoms with Crippen molar-refractivity contribution in [3.8, 4) is 11.5 Å². The first-order chi connectivity index (χ1) is 14.7. The van der Waals surface area contributed by atoms with Crippen molar-refractivity contribution in [3.63, 3.8) is 0 Å². The van der Waals surface area contributed by atoms with E-state index < -0.39 is 42.4 Å². The maximum atomic E-state index is 14.2. The van der Waals surface area contributed by atoms with Crippen LogP contribution in [0.15, 0.2) is 0 Å². The predicted octanol–water partition coefficient (Wildman–Crippen LogP) is 4.61. The number of ether oxygens (including phenoxy) is 2. The van der Waals surface area contributed by atoms with E-state index in [1.54, 1.807) is 20.8 Å². The van der Waals surface area contributed by atoms with E-state index in [2.05, 4.69) is 36.4 Å². The van der Waals surface area contributed by atoms with Gasteiger partial charge in [-0.25, -0.2) is 9.59 Å². The Labute approximate surface area is 194 Å². The van der Waals surface area contributed by atoms with Gasteiger partial charge >= 0.3 is 18.1 Å². The lowest BCUT2D eigenvalue weighted by atomic mass is 9.95. The van der Waals surface area contributed by atoms with E-state index in [4.69, 9.17) is 9.47 Å². The molecular formula is C24H41N2O5Si+. The van der Waals surface area contributed by atoms with Crippen LogP contribution in [0.25, 0.3) is 0 Å². The Morgan fingerprint density at radius 3 is 2.16 bits per heavy atom. The third-order valence-electron chi connectivity index (χ3n) is 6.31. The molecule has 7 nitrogen and oxygen atoms in total. The maximum absolute atomic E-state index is 14.2. The summed E-state index contributed by atoms with van der Waals surface area (Å²) in [6, 6.07) is -1.57. The highest BCUT2D eigenvalue weighted by atomic mass is 28.3. The summed E-state index contributed by atoms with van der Waals surface area (Å²) in [6.07, 6.45) is 3.75. The van der Waals surface area contributed by atoms with Crippen LogP contribution in [-0.4, -0.2) is 61.5 Å². The van der Waals surface area contributed by atoms with Crippen molar-refractivity contribution in [1.29, 1.82) is 0 Å². The van der Waals surface area contributed by atoms with Crippen LogP contribution in [0.2, 0.25) is 19.6 Å². The molecule has 2 fully saturated rings. The van der Waals surface area contributed by atoms with Gasteiger partial charge in [-0.2, -0.15) is 4.79 Å². The quantitative estimate of drug-likeness (QED) is 0.374. The highest BCUT2D eigenvalue weighted by molar-refractivity contribution is 6.83. The molecule has 1 aliphatic carbocycles. The number of hydrogen-bond donors (Lipinski definition) is 1. The number of carbonyl (C=O) groups is 3. The molecule has 4 atom stereocenters. The average molecular weight is 466 g/mol. The molecule has 1 heterocycles. The Hall–Kier alpha value is -1.85. The zero-order valence-corrected chi connectivity index (χ0v) is 22.0. The largest absolute Gasteiger partial charge is 0.524 e. The van der Waals surface area contributed by atoms with Crippen molar-refractivity contribution in [2.45, 2.75) is 110 Å². The van der Waals surface area contributed by atoms with E-state index >= 15 is 0 Å². The van der Waals surface area contributed by atoms with E-state index in [1.165, 1.54) is 7.11 Å². The summed E-state index contributed by atoms with van der Waals surface area (Å²) in [5, 5.41) is 2.84. The molecule has 0 spiro atoms. The summed E-state index contributed by atoms with van der Waals surface area (Å²) in [7, 11) is -0.404. The highest BCUT2D eigenvalue weighted by Gasteiger charge is 2.62. The highest BCUT2D eigenvalue weighted by Crippen LogP contribution is 2.38. The molecule has 0 bridgehead atoms. The molecule has 3 amide bonds. The van der Waals surface area contributed by atoms with Crippen LogP contribution in [0.5, 0.6) is 0 Å². The average Bonchev–Trinajstić information content (AvgIpc) is 3.30. The first kappa shape index (κ1) is 26.4. The van der Waals surface area contributed by atoms with Gasteiger partial charge in [0.1, 0.15) is 19.7 Å². The number of hydrogen-bond acceptors (Lipinski definition) is 5. The smallest absolute Gasteiger partial charge is 0.444 e. The Kier molecular flexibility index (Phi) is 8.22. The van der Waals surface area contributed by atoms with Crippen molar-refractivity contribution in [2.75, 3.05) is 7.11 Å². The Morgan fingerprint density at radius 1 is 1.06 bits per heavy atom. The normalized spacial score (nSPS) is 27.2. The fourth-order valence-electron chi connectivity index (χ4n) is 4.84. The Bertz CT molecular complexity index is 783. The lowest BCUT2D eigenvalue weighted by Gasteiger charge is -2.38. The number of methoxy groups -OCH3 is 1. The van der Waals surface area contributed by atoms with Gasteiger partial charge in [0.05, 0.1) is 7.11 Å². The summed E-state index contributed by atoms with van der Waals surface area (Å²) < 4.78 is 10.2. The zero-order valence-electron chi connectivity index (χ0n) is 21.0. The molecule has 32 heavy (non-hydrogen) atoms. The summed E-state index contributed by atoms with van der Waals surface area (Å²) >= 11 is 0. The van der Waals surface area contributed by atoms with Crippen LogP contribution in [0.1, 0.15) is 66.2 Å². The maximum Gasteiger partial charge on any atom is 0.524 e. The number of imide groups is 1. The second kappa shape index (κ2) is 9.96. The van der Waals surface area contributed by atoms with Crippen molar-refractivity contribution in [2.24, 2.45) is 5.92 Å². The first-order valence-electron chi connectivity index (χ1n) is 11.8. The van der Waals surface area contributed by atoms with Crippen LogP contribution < -0.4 is 5.32 Å². The molecule has 0 radical (unpaired) electrons. The lowest BCUT2D eigenvalue weighted by molar-refractivity contribution is -0.810. The van der Waals surface area contributed by atoms with Crippen molar-refractivity contribution >= 4 is 26.2 Å². The molecule has 8 heteroatoms. The van der Waals surface area contributed by atoms with E-state index in [-0.39, 0.29) is 17.9 Å². The predicted molar refractivity (Wildman–Crippen MR) is 126 cm³/mol. The van der Waals surface area contributed by atoms with Crippen LogP contribution in [0, 0.1) is 17.4 Å². The Balaban J connectivity index is 2.51. The number of amides is 3.